The fourth-order valence-electron chi connectivity index (χ4n) is 1.76. The maximum Gasteiger partial charge on any atom is 0.192 e. The van der Waals surface area contributed by atoms with Gasteiger partial charge in [-0.05, 0) is 18.6 Å². The first kappa shape index (κ1) is 11.9. The van der Waals surface area contributed by atoms with Gasteiger partial charge in [-0.25, -0.2) is 0 Å². The second-order valence-corrected chi connectivity index (χ2v) is 4.28. The largest absolute Gasteiger partial charge is 0.359 e. The molecule has 0 radical (unpaired) electrons. The van der Waals surface area contributed by atoms with Gasteiger partial charge >= 0.3 is 0 Å². The Balaban J connectivity index is 1.93. The zero-order valence-corrected chi connectivity index (χ0v) is 10.0. The number of rotatable bonds is 4. The van der Waals surface area contributed by atoms with E-state index >= 15 is 0 Å². The van der Waals surface area contributed by atoms with Crippen molar-refractivity contribution in [3.63, 3.8) is 0 Å². The van der Waals surface area contributed by atoms with Gasteiger partial charge in [0.15, 0.2) is 5.85 Å². The summed E-state index contributed by atoms with van der Waals surface area (Å²) >= 11 is 0. The second-order valence-electron chi connectivity index (χ2n) is 4.28. The highest BCUT2D eigenvalue weighted by Gasteiger charge is 2.25. The molecular weight excluding hydrogens is 212 g/mol. The summed E-state index contributed by atoms with van der Waals surface area (Å²) in [6.45, 7) is 3.12. The number of allylic oxidation sites excluding steroid dienone is 2. The minimum atomic E-state index is -1.03. The summed E-state index contributed by atoms with van der Waals surface area (Å²) in [6.07, 6.45) is 7.79. The minimum Gasteiger partial charge on any atom is -0.359 e. The molecule has 2 N–H and O–H groups in total. The van der Waals surface area contributed by atoms with Crippen molar-refractivity contribution < 1.29 is 5.11 Å². The molecule has 90 valence electrons. The van der Waals surface area contributed by atoms with Gasteiger partial charge in [0.1, 0.15) is 0 Å². The molecular formula is C14H18N2O. The summed E-state index contributed by atoms with van der Waals surface area (Å²) in [5.41, 5.74) is 1.16. The molecule has 0 aliphatic carbocycles. The average Bonchev–Trinajstić information content (AvgIpc) is 2.39. The summed E-state index contributed by atoms with van der Waals surface area (Å²) in [4.78, 5) is 1.86. The summed E-state index contributed by atoms with van der Waals surface area (Å²) < 4.78 is 0. The Hall–Kier alpha value is -1.58. The first-order valence-corrected chi connectivity index (χ1v) is 5.80. The molecule has 3 heteroatoms. The van der Waals surface area contributed by atoms with Crippen LogP contribution in [0.25, 0.3) is 0 Å². The minimum absolute atomic E-state index is 0.641. The Kier molecular flexibility index (Phi) is 3.61. The van der Waals surface area contributed by atoms with E-state index in [4.69, 9.17) is 0 Å². The van der Waals surface area contributed by atoms with E-state index in [1.54, 1.807) is 6.92 Å². The first-order valence-electron chi connectivity index (χ1n) is 5.80. The molecule has 3 nitrogen and oxygen atoms in total. The van der Waals surface area contributed by atoms with Crippen LogP contribution in [0.3, 0.4) is 0 Å². The third kappa shape index (κ3) is 3.19. The summed E-state index contributed by atoms with van der Waals surface area (Å²) in [7, 11) is 0. The highest BCUT2D eigenvalue weighted by Crippen LogP contribution is 2.12. The van der Waals surface area contributed by atoms with Crippen molar-refractivity contribution in [1.82, 2.24) is 10.2 Å². The monoisotopic (exact) mass is 230 g/mol. The number of hydrogen-bond donors (Lipinski definition) is 2. The molecule has 0 spiro atoms. The van der Waals surface area contributed by atoms with E-state index in [1.807, 2.05) is 59.7 Å². The molecule has 1 aromatic carbocycles. The lowest BCUT2D eigenvalue weighted by molar-refractivity contribution is -0.0918. The Morgan fingerprint density at radius 1 is 1.29 bits per heavy atom. The highest BCUT2D eigenvalue weighted by molar-refractivity contribution is 5.15. The fourth-order valence-corrected chi connectivity index (χ4v) is 1.76. The van der Waals surface area contributed by atoms with E-state index in [2.05, 4.69) is 5.32 Å². The van der Waals surface area contributed by atoms with E-state index in [-0.39, 0.29) is 0 Å². The van der Waals surface area contributed by atoms with E-state index < -0.39 is 5.85 Å². The van der Waals surface area contributed by atoms with Gasteiger partial charge in [-0.2, -0.15) is 0 Å². The SMILES string of the molecule is CC(O)(NCc1ccccc1)N1C=CC=CC1. The quantitative estimate of drug-likeness (QED) is 0.775. The molecule has 1 aromatic rings. The fraction of sp³-hybridized carbons (Fsp3) is 0.286. The van der Waals surface area contributed by atoms with E-state index in [1.165, 1.54) is 0 Å². The van der Waals surface area contributed by atoms with Crippen LogP contribution < -0.4 is 5.32 Å². The Labute approximate surface area is 102 Å². The van der Waals surface area contributed by atoms with Gasteiger partial charge in [-0.15, -0.1) is 0 Å². The molecule has 0 saturated heterocycles. The molecule has 0 bridgehead atoms. The van der Waals surface area contributed by atoms with E-state index in [9.17, 15) is 5.11 Å². The van der Waals surface area contributed by atoms with Crippen LogP contribution in [0.5, 0.6) is 0 Å². The molecule has 1 heterocycles. The molecule has 1 aliphatic rings. The number of aliphatic hydroxyl groups is 1. The van der Waals surface area contributed by atoms with Gasteiger partial charge in [-0.3, -0.25) is 5.32 Å². The topological polar surface area (TPSA) is 35.5 Å². The molecule has 0 fully saturated rings. The molecule has 0 aromatic heterocycles. The van der Waals surface area contributed by atoms with Crippen molar-refractivity contribution in [2.75, 3.05) is 6.54 Å². The molecule has 2 rings (SSSR count). The zero-order valence-electron chi connectivity index (χ0n) is 10.0. The third-order valence-corrected chi connectivity index (χ3v) is 2.84. The predicted molar refractivity (Wildman–Crippen MR) is 68.9 cm³/mol. The number of hydrogen-bond acceptors (Lipinski definition) is 3. The zero-order chi connectivity index (χ0) is 12.1. The van der Waals surface area contributed by atoms with Crippen LogP contribution in [-0.2, 0) is 6.54 Å². The Morgan fingerprint density at radius 3 is 2.71 bits per heavy atom. The summed E-state index contributed by atoms with van der Waals surface area (Å²) in [5.74, 6) is -1.03. The average molecular weight is 230 g/mol. The molecule has 1 unspecified atom stereocenters. The van der Waals surface area contributed by atoms with Crippen LogP contribution in [0.4, 0.5) is 0 Å². The lowest BCUT2D eigenvalue weighted by Gasteiger charge is -2.37. The predicted octanol–water partition coefficient (Wildman–Crippen LogP) is 1.83. The standard InChI is InChI=1S/C14H18N2O/c1-14(17,16-10-6-3-7-11-16)15-12-13-8-4-2-5-9-13/h2-10,15,17H,11-12H2,1H3. The maximum atomic E-state index is 10.3. The lowest BCUT2D eigenvalue weighted by atomic mass is 10.2. The summed E-state index contributed by atoms with van der Waals surface area (Å²) in [5, 5.41) is 13.5. The van der Waals surface area contributed by atoms with Gasteiger partial charge < -0.3 is 10.0 Å². The number of nitrogens with one attached hydrogen (secondary N) is 1. The van der Waals surface area contributed by atoms with Crippen LogP contribution in [-0.4, -0.2) is 22.4 Å². The van der Waals surface area contributed by atoms with Gasteiger partial charge in [0.25, 0.3) is 0 Å². The van der Waals surface area contributed by atoms with Crippen LogP contribution >= 0.6 is 0 Å². The maximum absolute atomic E-state index is 10.3. The van der Waals surface area contributed by atoms with Gasteiger partial charge in [0.05, 0.1) is 0 Å². The molecule has 0 saturated carbocycles. The van der Waals surface area contributed by atoms with Crippen LogP contribution in [0.2, 0.25) is 0 Å². The van der Waals surface area contributed by atoms with Crippen molar-refractivity contribution >= 4 is 0 Å². The smallest absolute Gasteiger partial charge is 0.192 e. The van der Waals surface area contributed by atoms with Crippen LogP contribution in [0.1, 0.15) is 12.5 Å². The van der Waals surface area contributed by atoms with Crippen LogP contribution in [0, 0.1) is 0 Å². The van der Waals surface area contributed by atoms with Gasteiger partial charge in [0.2, 0.25) is 0 Å². The molecule has 17 heavy (non-hydrogen) atoms. The van der Waals surface area contributed by atoms with Gasteiger partial charge in [-0.1, -0.05) is 42.5 Å². The second kappa shape index (κ2) is 5.17. The number of benzene rings is 1. The van der Waals surface area contributed by atoms with Crippen molar-refractivity contribution in [2.24, 2.45) is 0 Å². The van der Waals surface area contributed by atoms with Crippen molar-refractivity contribution in [1.29, 1.82) is 0 Å². The van der Waals surface area contributed by atoms with E-state index in [0.717, 1.165) is 5.56 Å². The molecule has 1 aliphatic heterocycles. The Bertz CT molecular complexity index is 409. The van der Waals surface area contributed by atoms with Crippen molar-refractivity contribution in [2.45, 2.75) is 19.3 Å². The van der Waals surface area contributed by atoms with E-state index in [0.29, 0.717) is 13.1 Å². The lowest BCUT2D eigenvalue weighted by Crippen LogP contribution is -2.54. The van der Waals surface area contributed by atoms with Crippen LogP contribution in [0.15, 0.2) is 54.8 Å². The normalized spacial score (nSPS) is 18.1. The third-order valence-electron chi connectivity index (χ3n) is 2.84. The molecule has 1 atom stereocenters. The van der Waals surface area contributed by atoms with Crippen molar-refractivity contribution in [3.8, 4) is 0 Å². The Morgan fingerprint density at radius 2 is 2.06 bits per heavy atom. The van der Waals surface area contributed by atoms with Gasteiger partial charge in [0, 0.05) is 19.3 Å². The highest BCUT2D eigenvalue weighted by atomic mass is 16.3. The number of nitrogens with zero attached hydrogens (tertiary/aromatic N) is 1. The molecule has 0 amide bonds. The van der Waals surface area contributed by atoms with Crippen molar-refractivity contribution in [3.05, 3.63) is 60.3 Å². The first-order chi connectivity index (χ1) is 8.18. The summed E-state index contributed by atoms with van der Waals surface area (Å²) in [6, 6.07) is 10.0.